The topological polar surface area (TPSA) is 8.17 Å². The lowest BCUT2D eigenvalue weighted by atomic mass is 9.82. The maximum atomic E-state index is 2.47. The molecule has 0 spiro atoms. The van der Waals surface area contributed by atoms with Crippen molar-refractivity contribution in [3.63, 3.8) is 0 Å². The van der Waals surface area contributed by atoms with Gasteiger partial charge < -0.3 is 9.47 Å². The van der Waals surface area contributed by atoms with Gasteiger partial charge in [-0.25, -0.2) is 0 Å². The fraction of sp³-hybridized carbons (Fsp3) is 0.0667. The summed E-state index contributed by atoms with van der Waals surface area (Å²) < 4.78 is 2.38. The predicted octanol–water partition coefficient (Wildman–Crippen LogP) is 12.2. The molecule has 224 valence electrons. The summed E-state index contributed by atoms with van der Waals surface area (Å²) in [5.74, 6) is 0. The summed E-state index contributed by atoms with van der Waals surface area (Å²) in [5.41, 5.74) is 14.7. The summed E-state index contributed by atoms with van der Waals surface area (Å²) in [6.07, 6.45) is 0. The molecule has 47 heavy (non-hydrogen) atoms. The predicted molar refractivity (Wildman–Crippen MR) is 198 cm³/mol. The molecule has 0 saturated carbocycles. The Hall–Kier alpha value is -5.86. The van der Waals surface area contributed by atoms with E-state index in [1.165, 1.54) is 60.9 Å². The van der Waals surface area contributed by atoms with Gasteiger partial charge in [0.1, 0.15) is 0 Å². The van der Waals surface area contributed by atoms with Crippen LogP contribution in [0.3, 0.4) is 0 Å². The monoisotopic (exact) mass is 602 g/mol. The molecule has 7 aromatic carbocycles. The summed E-state index contributed by atoms with van der Waals surface area (Å²) in [6.45, 7) is 4.70. The first-order valence-electron chi connectivity index (χ1n) is 16.4. The van der Waals surface area contributed by atoms with Crippen LogP contribution in [0.4, 0.5) is 17.1 Å². The van der Waals surface area contributed by atoms with E-state index in [9.17, 15) is 0 Å². The van der Waals surface area contributed by atoms with Crippen LogP contribution in [0.2, 0.25) is 0 Å². The van der Waals surface area contributed by atoms with Gasteiger partial charge in [-0.2, -0.15) is 0 Å². The van der Waals surface area contributed by atoms with Crippen LogP contribution in [0, 0.1) is 0 Å². The first kappa shape index (κ1) is 27.5. The molecule has 1 aromatic heterocycles. The van der Waals surface area contributed by atoms with Gasteiger partial charge in [0.2, 0.25) is 0 Å². The van der Waals surface area contributed by atoms with Gasteiger partial charge in [0.15, 0.2) is 0 Å². The van der Waals surface area contributed by atoms with Gasteiger partial charge in [0.25, 0.3) is 0 Å². The molecular weight excluding hydrogens is 569 g/mol. The van der Waals surface area contributed by atoms with E-state index in [4.69, 9.17) is 0 Å². The van der Waals surface area contributed by atoms with Crippen molar-refractivity contribution >= 4 is 38.9 Å². The maximum absolute atomic E-state index is 2.47. The van der Waals surface area contributed by atoms with Crippen molar-refractivity contribution in [3.8, 4) is 27.9 Å². The number of anilines is 3. The normalized spacial score (nSPS) is 13.1. The van der Waals surface area contributed by atoms with Crippen molar-refractivity contribution in [2.45, 2.75) is 19.3 Å². The smallest absolute Gasteiger partial charge is 0.0543 e. The van der Waals surface area contributed by atoms with Crippen LogP contribution in [-0.4, -0.2) is 4.57 Å². The first-order valence-corrected chi connectivity index (χ1v) is 16.4. The van der Waals surface area contributed by atoms with Crippen molar-refractivity contribution < 1.29 is 0 Å². The summed E-state index contributed by atoms with van der Waals surface area (Å²) in [7, 11) is 0. The molecule has 1 aliphatic rings. The van der Waals surface area contributed by atoms with Gasteiger partial charge in [-0.05, 0) is 70.8 Å². The van der Waals surface area contributed by atoms with E-state index >= 15 is 0 Å². The minimum absolute atomic E-state index is 0.0903. The second-order valence-electron chi connectivity index (χ2n) is 13.0. The quantitative estimate of drug-likeness (QED) is 0.190. The molecular formula is C45H34N2. The fourth-order valence-electron chi connectivity index (χ4n) is 7.81. The number of aromatic nitrogens is 1. The van der Waals surface area contributed by atoms with Crippen LogP contribution in [0.25, 0.3) is 49.7 Å². The Morgan fingerprint density at radius 1 is 0.447 bits per heavy atom. The van der Waals surface area contributed by atoms with Crippen molar-refractivity contribution in [2.24, 2.45) is 0 Å². The average molecular weight is 603 g/mol. The lowest BCUT2D eigenvalue weighted by molar-refractivity contribution is 0.660. The number of hydrogen-bond acceptors (Lipinski definition) is 1. The third-order valence-corrected chi connectivity index (χ3v) is 10.0. The highest BCUT2D eigenvalue weighted by atomic mass is 15.1. The van der Waals surface area contributed by atoms with Crippen LogP contribution in [-0.2, 0) is 5.41 Å². The molecule has 1 heterocycles. The summed E-state index contributed by atoms with van der Waals surface area (Å²) >= 11 is 0. The van der Waals surface area contributed by atoms with Gasteiger partial charge in [-0.3, -0.25) is 0 Å². The lowest BCUT2D eigenvalue weighted by Crippen LogP contribution is -2.16. The standard InChI is InChI=1S/C45H34N2/c1-45(2)38-21-10-6-20-37(38)44-39(45)22-14-26-43(44)47(40-23-11-7-17-34(40)31-15-4-3-5-16-31)33-29-27-32(28-30-33)46-41-24-12-8-18-35(41)36-19-9-13-25-42(36)46/h3-30H,1-2H3. The molecule has 9 rings (SSSR count). The Bertz CT molecular complexity index is 2380. The second-order valence-corrected chi connectivity index (χ2v) is 13.0. The minimum Gasteiger partial charge on any atom is -0.309 e. The number of fused-ring (bicyclic) bond motifs is 6. The summed E-state index contributed by atoms with van der Waals surface area (Å²) in [5, 5.41) is 2.54. The van der Waals surface area contributed by atoms with E-state index in [2.05, 4.69) is 193 Å². The molecule has 0 N–H and O–H groups in total. The highest BCUT2D eigenvalue weighted by molar-refractivity contribution is 6.09. The van der Waals surface area contributed by atoms with E-state index < -0.39 is 0 Å². The van der Waals surface area contributed by atoms with Crippen molar-refractivity contribution in [3.05, 3.63) is 181 Å². The maximum Gasteiger partial charge on any atom is 0.0543 e. The van der Waals surface area contributed by atoms with E-state index in [-0.39, 0.29) is 5.41 Å². The molecule has 1 aliphatic carbocycles. The van der Waals surface area contributed by atoms with E-state index in [1.807, 2.05) is 0 Å². The molecule has 0 radical (unpaired) electrons. The summed E-state index contributed by atoms with van der Waals surface area (Å²) in [6, 6.07) is 61.8. The van der Waals surface area contributed by atoms with Gasteiger partial charge in [-0.1, -0.05) is 135 Å². The minimum atomic E-state index is -0.0903. The highest BCUT2D eigenvalue weighted by Crippen LogP contribution is 2.54. The Labute approximate surface area is 275 Å². The van der Waals surface area contributed by atoms with Crippen LogP contribution >= 0.6 is 0 Å². The van der Waals surface area contributed by atoms with E-state index in [1.54, 1.807) is 0 Å². The zero-order chi connectivity index (χ0) is 31.5. The summed E-state index contributed by atoms with van der Waals surface area (Å²) in [4.78, 5) is 2.47. The Morgan fingerprint density at radius 3 is 1.72 bits per heavy atom. The molecule has 0 fully saturated rings. The van der Waals surface area contributed by atoms with Crippen LogP contribution in [0.1, 0.15) is 25.0 Å². The van der Waals surface area contributed by atoms with Crippen LogP contribution in [0.5, 0.6) is 0 Å². The third kappa shape index (κ3) is 4.18. The molecule has 0 amide bonds. The zero-order valence-electron chi connectivity index (χ0n) is 26.6. The van der Waals surface area contributed by atoms with Gasteiger partial charge in [-0.15, -0.1) is 0 Å². The van der Waals surface area contributed by atoms with Gasteiger partial charge >= 0.3 is 0 Å². The van der Waals surface area contributed by atoms with Crippen molar-refractivity contribution in [2.75, 3.05) is 4.90 Å². The Morgan fingerprint density at radius 2 is 1.00 bits per heavy atom. The third-order valence-electron chi connectivity index (χ3n) is 10.0. The number of para-hydroxylation sites is 3. The zero-order valence-corrected chi connectivity index (χ0v) is 26.6. The molecule has 8 aromatic rings. The fourth-order valence-corrected chi connectivity index (χ4v) is 7.81. The SMILES string of the molecule is CC1(C)c2ccccc2-c2c(N(c3ccc(-n4c5ccccc5c5ccccc54)cc3)c3ccccc3-c3ccccc3)cccc21. The molecule has 0 saturated heterocycles. The number of benzene rings is 7. The van der Waals surface area contributed by atoms with Crippen LogP contribution < -0.4 is 4.90 Å². The number of rotatable bonds is 5. The largest absolute Gasteiger partial charge is 0.309 e. The average Bonchev–Trinajstić information content (AvgIpc) is 3.59. The first-order chi connectivity index (χ1) is 23.1. The molecule has 0 aliphatic heterocycles. The Balaban J connectivity index is 1.28. The van der Waals surface area contributed by atoms with Gasteiger partial charge in [0, 0.05) is 38.7 Å². The Kier molecular flexibility index (Phi) is 6.20. The highest BCUT2D eigenvalue weighted by Gasteiger charge is 2.37. The van der Waals surface area contributed by atoms with Crippen LogP contribution in [0.15, 0.2) is 170 Å². The molecule has 0 bridgehead atoms. The molecule has 0 atom stereocenters. The molecule has 2 heteroatoms. The number of nitrogens with zero attached hydrogens (tertiary/aromatic N) is 2. The lowest BCUT2D eigenvalue weighted by Gasteiger charge is -2.30. The van der Waals surface area contributed by atoms with Crippen molar-refractivity contribution in [1.82, 2.24) is 4.57 Å². The van der Waals surface area contributed by atoms with E-state index in [0.717, 1.165) is 17.1 Å². The molecule has 2 nitrogen and oxygen atoms in total. The second kappa shape index (κ2) is 10.6. The van der Waals surface area contributed by atoms with E-state index in [0.29, 0.717) is 0 Å². The van der Waals surface area contributed by atoms with Gasteiger partial charge in [0.05, 0.1) is 22.4 Å². The molecule has 0 unspecified atom stereocenters. The van der Waals surface area contributed by atoms with Crippen molar-refractivity contribution in [1.29, 1.82) is 0 Å². The number of hydrogen-bond donors (Lipinski definition) is 0.